The first-order valence-corrected chi connectivity index (χ1v) is 7.40. The predicted molar refractivity (Wildman–Crippen MR) is 83.1 cm³/mol. The van der Waals surface area contributed by atoms with Crippen LogP contribution in [0.1, 0.15) is 64.6 Å². The lowest BCUT2D eigenvalue weighted by Crippen LogP contribution is -2.30. The molecule has 0 N–H and O–H groups in total. The largest absolute Gasteiger partial charge is 0.299 e. The molecule has 1 aliphatic rings. The van der Waals surface area contributed by atoms with Crippen molar-refractivity contribution in [3.05, 3.63) is 35.4 Å². The summed E-state index contributed by atoms with van der Waals surface area (Å²) in [7, 11) is 2.20. The maximum atomic E-state index is 2.41. The van der Waals surface area contributed by atoms with Gasteiger partial charge in [-0.25, -0.2) is 0 Å². The second-order valence-corrected chi connectivity index (χ2v) is 5.02. The van der Waals surface area contributed by atoms with E-state index in [1.807, 2.05) is 0 Å². The Bertz CT molecular complexity index is 304. The van der Waals surface area contributed by atoms with Crippen molar-refractivity contribution in [2.75, 3.05) is 13.6 Å². The number of hydrogen-bond acceptors (Lipinski definition) is 1. The van der Waals surface area contributed by atoms with E-state index in [2.05, 4.69) is 70.8 Å². The minimum absolute atomic E-state index is 0.593. The molecular weight excluding hydrogens is 218 g/mol. The van der Waals surface area contributed by atoms with Gasteiger partial charge in [-0.2, -0.15) is 0 Å². The Hall–Kier alpha value is -0.820. The van der Waals surface area contributed by atoms with Gasteiger partial charge >= 0.3 is 0 Å². The van der Waals surface area contributed by atoms with Crippen molar-refractivity contribution in [1.82, 2.24) is 4.90 Å². The van der Waals surface area contributed by atoms with Crippen molar-refractivity contribution in [2.24, 2.45) is 0 Å². The summed E-state index contributed by atoms with van der Waals surface area (Å²) in [4.78, 5) is 2.41. The highest BCUT2D eigenvalue weighted by molar-refractivity contribution is 5.31. The Morgan fingerprint density at radius 1 is 1.06 bits per heavy atom. The fourth-order valence-electron chi connectivity index (χ4n) is 1.90. The van der Waals surface area contributed by atoms with E-state index < -0.39 is 0 Å². The Morgan fingerprint density at radius 2 is 1.56 bits per heavy atom. The van der Waals surface area contributed by atoms with E-state index in [9.17, 15) is 0 Å². The number of benzene rings is 1. The number of rotatable bonds is 0. The monoisotopic (exact) mass is 249 g/mol. The Kier molecular flexibility index (Phi) is 9.67. The summed E-state index contributed by atoms with van der Waals surface area (Å²) in [5.74, 6) is 0. The van der Waals surface area contributed by atoms with Gasteiger partial charge in [-0.15, -0.1) is 0 Å². The number of likely N-dealkylation sites (N-methyl/N-ethyl adjacent to an activating group) is 1. The van der Waals surface area contributed by atoms with Gasteiger partial charge in [0.2, 0.25) is 0 Å². The van der Waals surface area contributed by atoms with E-state index in [1.165, 1.54) is 36.9 Å². The second-order valence-electron chi connectivity index (χ2n) is 5.02. The van der Waals surface area contributed by atoms with Crippen LogP contribution in [0.4, 0.5) is 0 Å². The van der Waals surface area contributed by atoms with Gasteiger partial charge in [0, 0.05) is 12.6 Å². The average Bonchev–Trinajstić information content (AvgIpc) is 2.36. The molecule has 1 heterocycles. The van der Waals surface area contributed by atoms with E-state index in [0.29, 0.717) is 6.04 Å². The molecule has 1 atom stereocenters. The zero-order valence-electron chi connectivity index (χ0n) is 13.2. The maximum Gasteiger partial charge on any atom is 0.0319 e. The molecule has 0 aromatic heterocycles. The molecule has 18 heavy (non-hydrogen) atoms. The fourth-order valence-corrected chi connectivity index (χ4v) is 1.90. The standard InChI is InChI=1S/C11H15N.2C3H8/c1-9-11-6-4-3-5-10(11)7-8-12(9)2;2*1-3-2/h3-6,9H,7-8H2,1-2H3;2*3H2,1-2H3. The smallest absolute Gasteiger partial charge is 0.0319 e. The quantitative estimate of drug-likeness (QED) is 0.620. The van der Waals surface area contributed by atoms with Gasteiger partial charge < -0.3 is 0 Å². The molecule has 1 heteroatoms. The molecule has 1 unspecified atom stereocenters. The molecule has 0 saturated carbocycles. The summed E-state index contributed by atoms with van der Waals surface area (Å²) in [6, 6.07) is 9.36. The van der Waals surface area contributed by atoms with Gasteiger partial charge in [0.1, 0.15) is 0 Å². The molecule has 0 radical (unpaired) electrons. The number of hydrogen-bond donors (Lipinski definition) is 0. The molecule has 0 saturated heterocycles. The summed E-state index contributed by atoms with van der Waals surface area (Å²) >= 11 is 0. The van der Waals surface area contributed by atoms with E-state index >= 15 is 0 Å². The van der Waals surface area contributed by atoms with Gasteiger partial charge in [-0.05, 0) is 31.5 Å². The van der Waals surface area contributed by atoms with Crippen LogP contribution in [0.3, 0.4) is 0 Å². The van der Waals surface area contributed by atoms with Crippen LogP contribution in [0, 0.1) is 0 Å². The molecule has 0 aliphatic carbocycles. The summed E-state index contributed by atoms with van der Waals surface area (Å²) < 4.78 is 0. The first kappa shape index (κ1) is 17.2. The molecule has 0 amide bonds. The van der Waals surface area contributed by atoms with Gasteiger partial charge in [0.05, 0.1) is 0 Å². The SMILES string of the molecule is CC1c2ccccc2CCN1C.CCC.CCC. The fraction of sp³-hybridized carbons (Fsp3) is 0.647. The molecule has 0 fully saturated rings. The van der Waals surface area contributed by atoms with Gasteiger partial charge in [0.15, 0.2) is 0 Å². The zero-order chi connectivity index (χ0) is 14.0. The molecule has 1 aliphatic heterocycles. The molecule has 1 nitrogen and oxygen atoms in total. The van der Waals surface area contributed by atoms with Crippen molar-refractivity contribution in [2.45, 2.75) is 59.9 Å². The molecule has 1 aromatic rings. The Balaban J connectivity index is 0.000000414. The lowest BCUT2D eigenvalue weighted by Gasteiger charge is -2.31. The van der Waals surface area contributed by atoms with Crippen molar-refractivity contribution in [3.63, 3.8) is 0 Å². The molecule has 0 bridgehead atoms. The lowest BCUT2D eigenvalue weighted by atomic mass is 9.94. The van der Waals surface area contributed by atoms with Gasteiger partial charge in [-0.1, -0.05) is 64.8 Å². The van der Waals surface area contributed by atoms with Gasteiger partial charge in [0.25, 0.3) is 0 Å². The highest BCUT2D eigenvalue weighted by Gasteiger charge is 2.19. The number of fused-ring (bicyclic) bond motifs is 1. The highest BCUT2D eigenvalue weighted by Crippen LogP contribution is 2.27. The van der Waals surface area contributed by atoms with E-state index in [-0.39, 0.29) is 0 Å². The average molecular weight is 249 g/mol. The van der Waals surface area contributed by atoms with E-state index in [1.54, 1.807) is 0 Å². The second kappa shape index (κ2) is 10.1. The summed E-state index contributed by atoms with van der Waals surface area (Å²) in [5, 5.41) is 0. The Labute approximate surface area is 114 Å². The van der Waals surface area contributed by atoms with Crippen LogP contribution in [0.2, 0.25) is 0 Å². The predicted octanol–water partition coefficient (Wildman–Crippen LogP) is 5.07. The molecular formula is C17H31N. The lowest BCUT2D eigenvalue weighted by molar-refractivity contribution is 0.247. The third kappa shape index (κ3) is 5.68. The molecule has 104 valence electrons. The third-order valence-electron chi connectivity index (χ3n) is 2.90. The van der Waals surface area contributed by atoms with Crippen LogP contribution < -0.4 is 0 Å². The van der Waals surface area contributed by atoms with Crippen LogP contribution in [-0.4, -0.2) is 18.5 Å². The first-order chi connectivity index (χ1) is 8.62. The molecule has 0 spiro atoms. The maximum absolute atomic E-state index is 2.41. The van der Waals surface area contributed by atoms with E-state index in [4.69, 9.17) is 0 Å². The van der Waals surface area contributed by atoms with Crippen molar-refractivity contribution >= 4 is 0 Å². The van der Waals surface area contributed by atoms with Crippen LogP contribution in [-0.2, 0) is 6.42 Å². The van der Waals surface area contributed by atoms with E-state index in [0.717, 1.165) is 0 Å². The van der Waals surface area contributed by atoms with Crippen molar-refractivity contribution in [3.8, 4) is 0 Å². The van der Waals surface area contributed by atoms with Crippen LogP contribution in [0.15, 0.2) is 24.3 Å². The van der Waals surface area contributed by atoms with Crippen LogP contribution >= 0.6 is 0 Å². The van der Waals surface area contributed by atoms with Crippen LogP contribution in [0.25, 0.3) is 0 Å². The zero-order valence-corrected chi connectivity index (χ0v) is 13.2. The minimum Gasteiger partial charge on any atom is -0.299 e. The van der Waals surface area contributed by atoms with Gasteiger partial charge in [-0.3, -0.25) is 4.90 Å². The highest BCUT2D eigenvalue weighted by atomic mass is 15.1. The number of nitrogens with zero attached hydrogens (tertiary/aromatic N) is 1. The minimum atomic E-state index is 0.593. The summed E-state index contributed by atoms with van der Waals surface area (Å²) in [6.45, 7) is 12.0. The van der Waals surface area contributed by atoms with Crippen molar-refractivity contribution in [1.29, 1.82) is 0 Å². The summed E-state index contributed by atoms with van der Waals surface area (Å²) in [6.07, 6.45) is 3.71. The molecule has 1 aromatic carbocycles. The van der Waals surface area contributed by atoms with Crippen LogP contribution in [0.5, 0.6) is 0 Å². The van der Waals surface area contributed by atoms with Crippen molar-refractivity contribution < 1.29 is 0 Å². The third-order valence-corrected chi connectivity index (χ3v) is 2.90. The first-order valence-electron chi connectivity index (χ1n) is 7.40. The Morgan fingerprint density at radius 3 is 2.11 bits per heavy atom. The topological polar surface area (TPSA) is 3.24 Å². The normalized spacial score (nSPS) is 17.8. The molecule has 2 rings (SSSR count). The summed E-state index contributed by atoms with van der Waals surface area (Å²) in [5.41, 5.74) is 3.04.